The summed E-state index contributed by atoms with van der Waals surface area (Å²) in [5.74, 6) is 1.11. The van der Waals surface area contributed by atoms with Crippen molar-refractivity contribution in [1.82, 2.24) is 0 Å². The van der Waals surface area contributed by atoms with Crippen LogP contribution in [0.15, 0.2) is 48.5 Å². The Morgan fingerprint density at radius 2 is 1.80 bits per heavy atom. The zero-order valence-corrected chi connectivity index (χ0v) is 11.5. The largest absolute Gasteiger partial charge is 0.497 e. The number of hydrogen-bond donors (Lipinski definition) is 0. The Morgan fingerprint density at radius 1 is 1.05 bits per heavy atom. The number of ether oxygens (including phenoxy) is 3. The second-order valence-corrected chi connectivity index (χ2v) is 4.18. The third-order valence-corrected chi connectivity index (χ3v) is 2.64. The van der Waals surface area contributed by atoms with Gasteiger partial charge in [-0.05, 0) is 17.7 Å². The molecule has 0 heterocycles. The molecule has 0 spiro atoms. The molecule has 2 rings (SSSR count). The number of methoxy groups -OCH3 is 1. The molecule has 0 aliphatic rings. The first kappa shape index (κ1) is 13.9. The van der Waals surface area contributed by atoms with Crippen LogP contribution in [0.5, 0.6) is 17.2 Å². The highest BCUT2D eigenvalue weighted by Crippen LogP contribution is 2.32. The maximum absolute atomic E-state index is 11.1. The summed E-state index contributed by atoms with van der Waals surface area (Å²) in [6, 6.07) is 14.8. The number of esters is 1. The lowest BCUT2D eigenvalue weighted by Crippen LogP contribution is -2.04. The average molecular weight is 272 g/mol. The zero-order valence-electron chi connectivity index (χ0n) is 11.5. The van der Waals surface area contributed by atoms with Gasteiger partial charge in [0.15, 0.2) is 11.5 Å². The minimum Gasteiger partial charge on any atom is -0.497 e. The third-order valence-electron chi connectivity index (χ3n) is 2.64. The van der Waals surface area contributed by atoms with Crippen molar-refractivity contribution in [1.29, 1.82) is 0 Å². The molecule has 0 atom stereocenters. The van der Waals surface area contributed by atoms with Crippen molar-refractivity contribution >= 4 is 5.97 Å². The fraction of sp³-hybridized carbons (Fsp3) is 0.188. The molecule has 4 heteroatoms. The fourth-order valence-corrected chi connectivity index (χ4v) is 1.70. The van der Waals surface area contributed by atoms with Crippen molar-refractivity contribution in [2.45, 2.75) is 13.5 Å². The first-order valence-electron chi connectivity index (χ1n) is 6.22. The fourth-order valence-electron chi connectivity index (χ4n) is 1.70. The van der Waals surface area contributed by atoms with E-state index in [1.165, 1.54) is 6.92 Å². The quantitative estimate of drug-likeness (QED) is 0.619. The predicted octanol–water partition coefficient (Wildman–Crippen LogP) is 3.20. The van der Waals surface area contributed by atoms with Crippen LogP contribution in [0.3, 0.4) is 0 Å². The molecule has 4 nitrogen and oxygen atoms in total. The Kier molecular flexibility index (Phi) is 4.60. The molecule has 0 bridgehead atoms. The molecule has 0 fully saturated rings. The molecule has 0 unspecified atom stereocenters. The average Bonchev–Trinajstić information content (AvgIpc) is 2.47. The van der Waals surface area contributed by atoms with Gasteiger partial charge in [-0.15, -0.1) is 0 Å². The van der Waals surface area contributed by atoms with Gasteiger partial charge < -0.3 is 14.2 Å². The van der Waals surface area contributed by atoms with Gasteiger partial charge in [-0.3, -0.25) is 4.79 Å². The van der Waals surface area contributed by atoms with E-state index in [0.29, 0.717) is 23.9 Å². The molecule has 0 N–H and O–H groups in total. The summed E-state index contributed by atoms with van der Waals surface area (Å²) in [5, 5.41) is 0. The Morgan fingerprint density at radius 3 is 2.45 bits per heavy atom. The lowest BCUT2D eigenvalue weighted by molar-refractivity contribution is -0.132. The summed E-state index contributed by atoms with van der Waals surface area (Å²) < 4.78 is 16.0. The first-order valence-corrected chi connectivity index (χ1v) is 6.22. The molecule has 0 aliphatic carbocycles. The number of carbonyl (C=O) groups is 1. The standard InChI is InChI=1S/C16H16O4/c1-12(17)20-15-9-8-14(18-2)10-16(15)19-11-13-6-4-3-5-7-13/h3-10H,11H2,1-2H3. The topological polar surface area (TPSA) is 44.8 Å². The molecule has 2 aromatic rings. The predicted molar refractivity (Wildman–Crippen MR) is 75.1 cm³/mol. The van der Waals surface area contributed by atoms with Crippen molar-refractivity contribution in [3.63, 3.8) is 0 Å². The van der Waals surface area contributed by atoms with Crippen LogP contribution in [-0.4, -0.2) is 13.1 Å². The van der Waals surface area contributed by atoms with Crippen LogP contribution in [0, 0.1) is 0 Å². The maximum Gasteiger partial charge on any atom is 0.308 e. The van der Waals surface area contributed by atoms with Crippen molar-refractivity contribution < 1.29 is 19.0 Å². The van der Waals surface area contributed by atoms with E-state index < -0.39 is 0 Å². The van der Waals surface area contributed by atoms with Crippen molar-refractivity contribution in [2.75, 3.05) is 7.11 Å². The molecule has 104 valence electrons. The van der Waals surface area contributed by atoms with Crippen molar-refractivity contribution in [3.05, 3.63) is 54.1 Å². The van der Waals surface area contributed by atoms with Gasteiger partial charge in [0.2, 0.25) is 0 Å². The third kappa shape index (κ3) is 3.75. The van der Waals surface area contributed by atoms with E-state index in [1.54, 1.807) is 25.3 Å². The van der Waals surface area contributed by atoms with Gasteiger partial charge >= 0.3 is 5.97 Å². The van der Waals surface area contributed by atoms with Crippen LogP contribution >= 0.6 is 0 Å². The lowest BCUT2D eigenvalue weighted by atomic mass is 10.2. The Hall–Kier alpha value is -2.49. The summed E-state index contributed by atoms with van der Waals surface area (Å²) in [4.78, 5) is 11.1. The van der Waals surface area contributed by atoms with Crippen LogP contribution in [0.4, 0.5) is 0 Å². The van der Waals surface area contributed by atoms with Gasteiger partial charge in [-0.2, -0.15) is 0 Å². The molecule has 20 heavy (non-hydrogen) atoms. The molecule has 0 aliphatic heterocycles. The highest BCUT2D eigenvalue weighted by molar-refractivity contribution is 5.70. The van der Waals surface area contributed by atoms with E-state index in [0.717, 1.165) is 5.56 Å². The minimum absolute atomic E-state index is 0.384. The van der Waals surface area contributed by atoms with E-state index in [-0.39, 0.29) is 5.97 Å². The number of rotatable bonds is 5. The van der Waals surface area contributed by atoms with Gasteiger partial charge in [-0.1, -0.05) is 30.3 Å². The van der Waals surface area contributed by atoms with Crippen molar-refractivity contribution in [2.24, 2.45) is 0 Å². The first-order chi connectivity index (χ1) is 9.69. The van der Waals surface area contributed by atoms with Gasteiger partial charge in [0.1, 0.15) is 12.4 Å². The van der Waals surface area contributed by atoms with Crippen LogP contribution in [0.2, 0.25) is 0 Å². The molecular formula is C16H16O4. The molecule has 0 radical (unpaired) electrons. The van der Waals surface area contributed by atoms with E-state index in [9.17, 15) is 4.79 Å². The van der Waals surface area contributed by atoms with E-state index in [2.05, 4.69) is 0 Å². The summed E-state index contributed by atoms with van der Waals surface area (Å²) in [6.45, 7) is 1.74. The van der Waals surface area contributed by atoms with E-state index in [4.69, 9.17) is 14.2 Å². The van der Waals surface area contributed by atoms with Crippen LogP contribution < -0.4 is 14.2 Å². The Bertz CT molecular complexity index is 578. The summed E-state index contributed by atoms with van der Waals surface area (Å²) >= 11 is 0. The summed E-state index contributed by atoms with van der Waals surface area (Å²) in [5.41, 5.74) is 1.03. The van der Waals surface area contributed by atoms with Crippen LogP contribution in [0.1, 0.15) is 12.5 Å². The van der Waals surface area contributed by atoms with Crippen molar-refractivity contribution in [3.8, 4) is 17.2 Å². The number of hydrogen-bond acceptors (Lipinski definition) is 4. The second kappa shape index (κ2) is 6.61. The Labute approximate surface area is 117 Å². The smallest absolute Gasteiger partial charge is 0.308 e. The second-order valence-electron chi connectivity index (χ2n) is 4.18. The number of carbonyl (C=O) groups excluding carboxylic acids is 1. The lowest BCUT2D eigenvalue weighted by Gasteiger charge is -2.12. The molecule has 0 saturated heterocycles. The Balaban J connectivity index is 2.17. The highest BCUT2D eigenvalue weighted by Gasteiger charge is 2.09. The molecular weight excluding hydrogens is 256 g/mol. The van der Waals surface area contributed by atoms with Gasteiger partial charge in [0.05, 0.1) is 7.11 Å². The SMILES string of the molecule is COc1ccc(OC(C)=O)c(OCc2ccccc2)c1. The molecule has 0 aromatic heterocycles. The van der Waals surface area contributed by atoms with Crippen LogP contribution in [0.25, 0.3) is 0 Å². The van der Waals surface area contributed by atoms with E-state index >= 15 is 0 Å². The van der Waals surface area contributed by atoms with Gasteiger partial charge in [-0.25, -0.2) is 0 Å². The summed E-state index contributed by atoms with van der Waals surface area (Å²) in [7, 11) is 1.57. The van der Waals surface area contributed by atoms with Gasteiger partial charge in [0, 0.05) is 13.0 Å². The highest BCUT2D eigenvalue weighted by atomic mass is 16.6. The zero-order chi connectivity index (χ0) is 14.4. The summed E-state index contributed by atoms with van der Waals surface area (Å²) in [6.07, 6.45) is 0. The minimum atomic E-state index is -0.389. The van der Waals surface area contributed by atoms with E-state index in [1.807, 2.05) is 30.3 Å². The molecule has 0 saturated carbocycles. The molecule has 2 aromatic carbocycles. The maximum atomic E-state index is 11.1. The molecule has 0 amide bonds. The normalized spacial score (nSPS) is 9.90. The monoisotopic (exact) mass is 272 g/mol. The number of benzene rings is 2. The van der Waals surface area contributed by atoms with Gasteiger partial charge in [0.25, 0.3) is 0 Å². The van der Waals surface area contributed by atoms with Crippen LogP contribution in [-0.2, 0) is 11.4 Å².